The van der Waals surface area contributed by atoms with Crippen LogP contribution in [0.2, 0.25) is 0 Å². The highest BCUT2D eigenvalue weighted by molar-refractivity contribution is 7.97. The third-order valence-electron chi connectivity index (χ3n) is 3.27. The molecule has 0 spiro atoms. The van der Waals surface area contributed by atoms with Gasteiger partial charge in [0, 0.05) is 24.0 Å². The van der Waals surface area contributed by atoms with Crippen LogP contribution in [-0.4, -0.2) is 42.9 Å². The summed E-state index contributed by atoms with van der Waals surface area (Å²) < 4.78 is 6.94. The first-order chi connectivity index (χ1) is 9.72. The van der Waals surface area contributed by atoms with Crippen molar-refractivity contribution in [2.45, 2.75) is 23.8 Å². The molecule has 108 valence electrons. The van der Waals surface area contributed by atoms with Crippen LogP contribution < -0.4 is 5.32 Å². The molecule has 1 saturated heterocycles. The number of piperidine rings is 1. The molecule has 5 nitrogen and oxygen atoms in total. The lowest BCUT2D eigenvalue weighted by Crippen LogP contribution is -2.39. The van der Waals surface area contributed by atoms with Gasteiger partial charge in [-0.15, -0.1) is 0 Å². The molecule has 1 fully saturated rings. The van der Waals surface area contributed by atoms with Crippen molar-refractivity contribution in [2.75, 3.05) is 20.2 Å². The molecule has 1 aromatic rings. The van der Waals surface area contributed by atoms with Crippen molar-refractivity contribution in [2.24, 2.45) is 0 Å². The van der Waals surface area contributed by atoms with Crippen LogP contribution in [0.25, 0.3) is 0 Å². The van der Waals surface area contributed by atoms with Gasteiger partial charge in [-0.3, -0.25) is 4.79 Å². The topological polar surface area (TPSA) is 58.6 Å². The number of esters is 1. The molecule has 1 aliphatic rings. The molecule has 0 aromatic heterocycles. The quantitative estimate of drug-likeness (QED) is 0.509. The third-order valence-corrected chi connectivity index (χ3v) is 4.37. The summed E-state index contributed by atoms with van der Waals surface area (Å²) in [4.78, 5) is 22.8. The molecule has 0 saturated carbocycles. The van der Waals surface area contributed by atoms with Gasteiger partial charge >= 0.3 is 5.97 Å². The second kappa shape index (κ2) is 7.31. The monoisotopic (exact) mass is 294 g/mol. The van der Waals surface area contributed by atoms with Gasteiger partial charge in [0.05, 0.1) is 12.7 Å². The predicted molar refractivity (Wildman–Crippen MR) is 77.4 cm³/mol. The number of ether oxygens (including phenoxy) is 1. The van der Waals surface area contributed by atoms with Crippen LogP contribution in [0.15, 0.2) is 29.2 Å². The van der Waals surface area contributed by atoms with E-state index in [0.29, 0.717) is 11.6 Å². The minimum absolute atomic E-state index is 0.297. The van der Waals surface area contributed by atoms with E-state index in [-0.39, 0.29) is 5.97 Å². The number of carbonyl (C=O) groups is 2. The van der Waals surface area contributed by atoms with Gasteiger partial charge in [-0.25, -0.2) is 9.10 Å². The Morgan fingerprint density at radius 1 is 1.35 bits per heavy atom. The predicted octanol–water partition coefficient (Wildman–Crippen LogP) is 1.69. The molecule has 0 radical (unpaired) electrons. The number of rotatable bonds is 5. The Hall–Kier alpha value is -1.53. The molecule has 0 atom stereocenters. The van der Waals surface area contributed by atoms with E-state index in [4.69, 9.17) is 0 Å². The van der Waals surface area contributed by atoms with Gasteiger partial charge in [0.2, 0.25) is 6.41 Å². The molecule has 2 rings (SSSR count). The second-order valence-electron chi connectivity index (χ2n) is 4.60. The Bertz CT molecular complexity index is 456. The van der Waals surface area contributed by atoms with Crippen molar-refractivity contribution in [1.82, 2.24) is 9.62 Å². The van der Waals surface area contributed by atoms with Crippen LogP contribution in [0.3, 0.4) is 0 Å². The van der Waals surface area contributed by atoms with Crippen molar-refractivity contribution in [3.63, 3.8) is 0 Å². The lowest BCUT2D eigenvalue weighted by molar-refractivity contribution is -0.110. The molecule has 20 heavy (non-hydrogen) atoms. The van der Waals surface area contributed by atoms with Crippen LogP contribution in [0.1, 0.15) is 23.2 Å². The van der Waals surface area contributed by atoms with E-state index < -0.39 is 0 Å². The summed E-state index contributed by atoms with van der Waals surface area (Å²) in [7, 11) is 1.38. The fourth-order valence-electron chi connectivity index (χ4n) is 2.13. The first-order valence-electron chi connectivity index (χ1n) is 6.54. The lowest BCUT2D eigenvalue weighted by Gasteiger charge is -2.30. The molecule has 1 aliphatic heterocycles. The van der Waals surface area contributed by atoms with E-state index in [1.807, 2.05) is 12.1 Å². The summed E-state index contributed by atoms with van der Waals surface area (Å²) in [5.41, 5.74) is 0.561. The zero-order chi connectivity index (χ0) is 14.4. The average molecular weight is 294 g/mol. The van der Waals surface area contributed by atoms with Crippen molar-refractivity contribution in [3.8, 4) is 0 Å². The number of hydrogen-bond donors (Lipinski definition) is 1. The average Bonchev–Trinajstić information content (AvgIpc) is 2.49. The molecular weight excluding hydrogens is 276 g/mol. The lowest BCUT2D eigenvalue weighted by atomic mass is 10.1. The summed E-state index contributed by atoms with van der Waals surface area (Å²) in [5.74, 6) is -0.317. The first kappa shape index (κ1) is 14.9. The Labute approximate surface area is 122 Å². The number of amides is 1. The van der Waals surface area contributed by atoms with Crippen LogP contribution in [0, 0.1) is 0 Å². The van der Waals surface area contributed by atoms with Gasteiger partial charge < -0.3 is 10.1 Å². The Morgan fingerprint density at radius 2 is 2.00 bits per heavy atom. The highest BCUT2D eigenvalue weighted by Gasteiger charge is 2.19. The van der Waals surface area contributed by atoms with Gasteiger partial charge in [0.1, 0.15) is 0 Å². The summed E-state index contributed by atoms with van der Waals surface area (Å²) >= 11 is 1.68. The van der Waals surface area contributed by atoms with Crippen LogP contribution in [0.5, 0.6) is 0 Å². The van der Waals surface area contributed by atoms with Crippen molar-refractivity contribution in [3.05, 3.63) is 29.8 Å². The molecule has 1 heterocycles. The SMILES string of the molecule is COC(=O)c1ccc(SN2CCC(NC=O)CC2)cc1. The van der Waals surface area contributed by atoms with Crippen LogP contribution in [-0.2, 0) is 9.53 Å². The summed E-state index contributed by atoms with van der Waals surface area (Å²) in [6.45, 7) is 1.88. The van der Waals surface area contributed by atoms with E-state index >= 15 is 0 Å². The number of nitrogens with one attached hydrogen (secondary N) is 1. The smallest absolute Gasteiger partial charge is 0.337 e. The molecule has 1 N–H and O–H groups in total. The first-order valence-corrected chi connectivity index (χ1v) is 7.31. The maximum absolute atomic E-state index is 11.3. The standard InChI is InChI=1S/C14H18N2O3S/c1-19-14(18)11-2-4-13(5-3-11)20-16-8-6-12(7-9-16)15-10-17/h2-5,10,12H,6-9H2,1H3,(H,15,17). The number of benzene rings is 1. The molecule has 0 bridgehead atoms. The number of nitrogens with zero attached hydrogens (tertiary/aromatic N) is 1. The highest BCUT2D eigenvalue weighted by atomic mass is 32.2. The van der Waals surface area contributed by atoms with E-state index in [2.05, 4.69) is 14.4 Å². The minimum Gasteiger partial charge on any atom is -0.465 e. The maximum atomic E-state index is 11.3. The van der Waals surface area contributed by atoms with Crippen molar-refractivity contribution in [1.29, 1.82) is 0 Å². The summed E-state index contributed by atoms with van der Waals surface area (Å²) in [6.07, 6.45) is 2.71. The fraction of sp³-hybridized carbons (Fsp3) is 0.429. The van der Waals surface area contributed by atoms with Gasteiger partial charge in [0.15, 0.2) is 0 Å². The zero-order valence-corrected chi connectivity index (χ0v) is 12.2. The van der Waals surface area contributed by atoms with Crippen molar-refractivity contribution >= 4 is 24.3 Å². The fourth-order valence-corrected chi connectivity index (χ4v) is 3.08. The third kappa shape index (κ3) is 3.98. The normalized spacial score (nSPS) is 16.6. The molecular formula is C14H18N2O3S. The Kier molecular flexibility index (Phi) is 5.43. The summed E-state index contributed by atoms with van der Waals surface area (Å²) in [5, 5.41) is 2.83. The van der Waals surface area contributed by atoms with Gasteiger partial charge in [0.25, 0.3) is 0 Å². The van der Waals surface area contributed by atoms with Crippen LogP contribution >= 0.6 is 11.9 Å². The number of methoxy groups -OCH3 is 1. The van der Waals surface area contributed by atoms with Gasteiger partial charge in [-0.05, 0) is 49.1 Å². The summed E-state index contributed by atoms with van der Waals surface area (Å²) in [6, 6.07) is 7.69. The van der Waals surface area contributed by atoms with E-state index in [1.165, 1.54) is 7.11 Å². The minimum atomic E-state index is -0.317. The van der Waals surface area contributed by atoms with E-state index in [9.17, 15) is 9.59 Å². The Balaban J connectivity index is 1.85. The number of hydrogen-bond acceptors (Lipinski definition) is 5. The molecule has 0 unspecified atom stereocenters. The molecule has 6 heteroatoms. The Morgan fingerprint density at radius 3 is 2.55 bits per heavy atom. The molecule has 1 amide bonds. The van der Waals surface area contributed by atoms with E-state index in [1.54, 1.807) is 24.1 Å². The van der Waals surface area contributed by atoms with Gasteiger partial charge in [-0.2, -0.15) is 0 Å². The van der Waals surface area contributed by atoms with Crippen molar-refractivity contribution < 1.29 is 14.3 Å². The maximum Gasteiger partial charge on any atom is 0.337 e. The number of carbonyl (C=O) groups excluding carboxylic acids is 2. The van der Waals surface area contributed by atoms with Crippen LogP contribution in [0.4, 0.5) is 0 Å². The molecule has 1 aromatic carbocycles. The van der Waals surface area contributed by atoms with Gasteiger partial charge in [-0.1, -0.05) is 0 Å². The second-order valence-corrected chi connectivity index (χ2v) is 5.77. The molecule has 0 aliphatic carbocycles. The van der Waals surface area contributed by atoms with E-state index in [0.717, 1.165) is 37.2 Å². The zero-order valence-electron chi connectivity index (χ0n) is 11.4. The largest absolute Gasteiger partial charge is 0.465 e. The highest BCUT2D eigenvalue weighted by Crippen LogP contribution is 2.26.